The van der Waals surface area contributed by atoms with Gasteiger partial charge in [0.2, 0.25) is 5.91 Å². The Hall–Kier alpha value is -2.21. The van der Waals surface area contributed by atoms with E-state index in [1.165, 1.54) is 7.11 Å². The summed E-state index contributed by atoms with van der Waals surface area (Å²) in [5, 5.41) is 2.65. The van der Waals surface area contributed by atoms with Crippen molar-refractivity contribution in [2.24, 2.45) is 5.92 Å². The summed E-state index contributed by atoms with van der Waals surface area (Å²) in [6.45, 7) is 0.169. The second kappa shape index (κ2) is 9.17. The number of rotatable bonds is 7. The van der Waals surface area contributed by atoms with Crippen LogP contribution in [0.15, 0.2) is 30.3 Å². The lowest BCUT2D eigenvalue weighted by molar-refractivity contribution is -0.148. The fourth-order valence-electron chi connectivity index (χ4n) is 2.89. The zero-order chi connectivity index (χ0) is 17.4. The molecule has 2 atom stereocenters. The van der Waals surface area contributed by atoms with E-state index in [1.807, 2.05) is 30.3 Å². The van der Waals surface area contributed by atoms with Gasteiger partial charge in [0.05, 0.1) is 13.7 Å². The van der Waals surface area contributed by atoms with Gasteiger partial charge >= 0.3 is 5.97 Å². The van der Waals surface area contributed by atoms with Crippen molar-refractivity contribution in [3.8, 4) is 0 Å². The number of amides is 1. The Morgan fingerprint density at radius 1 is 1.29 bits per heavy atom. The number of ether oxygens (including phenoxy) is 2. The van der Waals surface area contributed by atoms with Gasteiger partial charge in [-0.2, -0.15) is 0 Å². The Kier molecular flexibility index (Phi) is 6.93. The summed E-state index contributed by atoms with van der Waals surface area (Å²) >= 11 is 0. The highest BCUT2D eigenvalue weighted by molar-refractivity contribution is 5.86. The first-order chi connectivity index (χ1) is 11.6. The molecule has 1 aliphatic rings. The number of benzene rings is 1. The molecule has 1 N–H and O–H groups in total. The third-order valence-electron chi connectivity index (χ3n) is 4.11. The van der Waals surface area contributed by atoms with Crippen LogP contribution in [0, 0.1) is 5.92 Å². The third-order valence-corrected chi connectivity index (χ3v) is 4.11. The van der Waals surface area contributed by atoms with E-state index < -0.39 is 12.0 Å². The highest BCUT2D eigenvalue weighted by Gasteiger charge is 2.34. The molecule has 0 spiro atoms. The molecule has 1 aromatic rings. The van der Waals surface area contributed by atoms with Crippen molar-refractivity contribution in [2.75, 3.05) is 13.7 Å². The van der Waals surface area contributed by atoms with Crippen molar-refractivity contribution < 1.29 is 23.9 Å². The molecule has 0 heterocycles. The number of carbonyl (C=O) groups is 3. The molecule has 0 unspecified atom stereocenters. The van der Waals surface area contributed by atoms with Crippen LogP contribution in [-0.2, 0) is 30.5 Å². The monoisotopic (exact) mass is 333 g/mol. The van der Waals surface area contributed by atoms with Gasteiger partial charge in [-0.05, 0) is 24.3 Å². The van der Waals surface area contributed by atoms with E-state index in [2.05, 4.69) is 5.32 Å². The van der Waals surface area contributed by atoms with Crippen LogP contribution >= 0.6 is 0 Å². The van der Waals surface area contributed by atoms with Crippen LogP contribution in [0.2, 0.25) is 0 Å². The van der Waals surface area contributed by atoms with Gasteiger partial charge in [-0.15, -0.1) is 0 Å². The fraction of sp³-hybridized carbons (Fsp3) is 0.500. The molecule has 0 aliphatic heterocycles. The molecule has 0 aromatic heterocycles. The number of esters is 1. The van der Waals surface area contributed by atoms with Crippen molar-refractivity contribution in [2.45, 2.75) is 38.3 Å². The van der Waals surface area contributed by atoms with Crippen LogP contribution in [0.1, 0.15) is 31.2 Å². The smallest absolute Gasteiger partial charge is 0.328 e. The third kappa shape index (κ3) is 5.45. The van der Waals surface area contributed by atoms with Gasteiger partial charge in [0.15, 0.2) is 0 Å². The van der Waals surface area contributed by atoms with E-state index in [0.717, 1.165) is 18.4 Å². The summed E-state index contributed by atoms with van der Waals surface area (Å²) in [6, 6.07) is 8.71. The number of nitrogens with one attached hydrogen (secondary N) is 1. The Labute approximate surface area is 141 Å². The highest BCUT2D eigenvalue weighted by Crippen LogP contribution is 2.25. The number of carbonyl (C=O) groups excluding carboxylic acids is 3. The van der Waals surface area contributed by atoms with E-state index in [4.69, 9.17) is 9.47 Å². The van der Waals surface area contributed by atoms with Crippen molar-refractivity contribution in [1.82, 2.24) is 5.32 Å². The zero-order valence-corrected chi connectivity index (χ0v) is 13.8. The summed E-state index contributed by atoms with van der Waals surface area (Å²) in [7, 11) is 1.28. The summed E-state index contributed by atoms with van der Waals surface area (Å²) < 4.78 is 10.1. The molecule has 130 valence electrons. The van der Waals surface area contributed by atoms with Crippen molar-refractivity contribution >= 4 is 17.7 Å². The molecule has 1 amide bonds. The van der Waals surface area contributed by atoms with Gasteiger partial charge < -0.3 is 14.8 Å². The van der Waals surface area contributed by atoms with Crippen molar-refractivity contribution in [3.05, 3.63) is 35.9 Å². The van der Waals surface area contributed by atoms with Gasteiger partial charge in [-0.1, -0.05) is 30.3 Å². The average molecular weight is 333 g/mol. The van der Waals surface area contributed by atoms with E-state index in [-0.39, 0.29) is 24.2 Å². The zero-order valence-electron chi connectivity index (χ0n) is 13.8. The van der Waals surface area contributed by atoms with Gasteiger partial charge in [0, 0.05) is 12.8 Å². The molecule has 24 heavy (non-hydrogen) atoms. The van der Waals surface area contributed by atoms with E-state index in [1.54, 1.807) is 0 Å². The Morgan fingerprint density at radius 3 is 2.71 bits per heavy atom. The van der Waals surface area contributed by atoms with Crippen molar-refractivity contribution in [1.29, 1.82) is 0 Å². The summed E-state index contributed by atoms with van der Waals surface area (Å²) in [4.78, 5) is 35.6. The lowest BCUT2D eigenvalue weighted by Gasteiger charge is -2.28. The molecular formula is C18H23NO5. The largest absolute Gasteiger partial charge is 0.467 e. The van der Waals surface area contributed by atoms with Crippen LogP contribution in [0.25, 0.3) is 0 Å². The molecule has 0 radical (unpaired) electrons. The minimum atomic E-state index is -0.799. The van der Waals surface area contributed by atoms with Crippen molar-refractivity contribution in [3.63, 3.8) is 0 Å². The Bertz CT molecular complexity index is 572. The lowest BCUT2D eigenvalue weighted by atomic mass is 9.83. The molecule has 1 saturated carbocycles. The van der Waals surface area contributed by atoms with Crippen LogP contribution in [0.5, 0.6) is 0 Å². The second-order valence-electron chi connectivity index (χ2n) is 5.94. The molecule has 1 aromatic carbocycles. The van der Waals surface area contributed by atoms with Gasteiger partial charge in [0.25, 0.3) is 0 Å². The van der Waals surface area contributed by atoms with Crippen LogP contribution in [-0.4, -0.2) is 37.4 Å². The first kappa shape index (κ1) is 18.1. The Balaban J connectivity index is 1.85. The Morgan fingerprint density at radius 2 is 2.04 bits per heavy atom. The number of Topliss-reactive ketones (excluding diaryl/α,β-unsaturated/α-hetero) is 1. The molecule has 2 rings (SSSR count). The minimum Gasteiger partial charge on any atom is -0.467 e. The van der Waals surface area contributed by atoms with Gasteiger partial charge in [-0.3, -0.25) is 9.59 Å². The number of hydrogen-bond donors (Lipinski definition) is 1. The van der Waals surface area contributed by atoms with Gasteiger partial charge in [0.1, 0.15) is 18.4 Å². The van der Waals surface area contributed by atoms with E-state index in [9.17, 15) is 14.4 Å². The first-order valence-electron chi connectivity index (χ1n) is 8.10. The molecule has 6 nitrogen and oxygen atoms in total. The standard InChI is InChI=1S/C18H23NO5/c1-23-18(22)17(14-8-5-9-15(20)10-14)19-16(21)12-24-11-13-6-3-2-4-7-13/h2-4,6-7,14,17H,5,8-12H2,1H3,(H,19,21)/t14-,17-/m1/s1. The predicted molar refractivity (Wildman–Crippen MR) is 87.0 cm³/mol. The SMILES string of the molecule is COC(=O)[C@H](NC(=O)COCc1ccccc1)[C@@H]1CCCC(=O)C1. The number of methoxy groups -OCH3 is 1. The number of hydrogen-bond acceptors (Lipinski definition) is 5. The topological polar surface area (TPSA) is 81.7 Å². The normalized spacial score (nSPS) is 18.7. The molecule has 0 bridgehead atoms. The molecule has 1 aliphatic carbocycles. The molecular weight excluding hydrogens is 310 g/mol. The molecule has 6 heteroatoms. The summed E-state index contributed by atoms with van der Waals surface area (Å²) in [5.41, 5.74) is 0.965. The summed E-state index contributed by atoms with van der Waals surface area (Å²) in [6.07, 6.45) is 2.29. The van der Waals surface area contributed by atoms with E-state index >= 15 is 0 Å². The van der Waals surface area contributed by atoms with Gasteiger partial charge in [-0.25, -0.2) is 4.79 Å². The molecule has 1 fully saturated rings. The second-order valence-corrected chi connectivity index (χ2v) is 5.94. The first-order valence-corrected chi connectivity index (χ1v) is 8.10. The predicted octanol–water partition coefficient (Wildman–Crippen LogP) is 1.62. The lowest BCUT2D eigenvalue weighted by Crippen LogP contribution is -2.49. The maximum atomic E-state index is 12.1. The van der Waals surface area contributed by atoms with Crippen LogP contribution < -0.4 is 5.32 Å². The van der Waals surface area contributed by atoms with E-state index in [0.29, 0.717) is 19.4 Å². The minimum absolute atomic E-state index is 0.120. The molecule has 0 saturated heterocycles. The average Bonchev–Trinajstić information content (AvgIpc) is 2.60. The number of ketones is 1. The summed E-state index contributed by atoms with van der Waals surface area (Å²) in [5.74, 6) is -1.00. The maximum absolute atomic E-state index is 12.1. The highest BCUT2D eigenvalue weighted by atomic mass is 16.5. The van der Waals surface area contributed by atoms with Crippen LogP contribution in [0.3, 0.4) is 0 Å². The fourth-order valence-corrected chi connectivity index (χ4v) is 2.89. The van der Waals surface area contributed by atoms with Crippen LogP contribution in [0.4, 0.5) is 0 Å². The quantitative estimate of drug-likeness (QED) is 0.767. The maximum Gasteiger partial charge on any atom is 0.328 e.